The molecule has 1 aromatic heterocycles. The van der Waals surface area contributed by atoms with Crippen LogP contribution in [0.5, 0.6) is 11.5 Å². The predicted octanol–water partition coefficient (Wildman–Crippen LogP) is 4.17. The summed E-state index contributed by atoms with van der Waals surface area (Å²) < 4.78 is 18.7. The number of carbonyl (C=O) groups excluding carboxylic acids is 1. The Hall–Kier alpha value is -2.97. The van der Waals surface area contributed by atoms with Gasteiger partial charge in [0.05, 0.1) is 11.4 Å². The van der Waals surface area contributed by atoms with Gasteiger partial charge in [0.2, 0.25) is 12.7 Å². The van der Waals surface area contributed by atoms with Gasteiger partial charge in [0.15, 0.2) is 16.7 Å². The highest BCUT2D eigenvalue weighted by molar-refractivity contribution is 7.99. The van der Waals surface area contributed by atoms with Crippen LogP contribution in [0.4, 0.5) is 0 Å². The van der Waals surface area contributed by atoms with Gasteiger partial charge in [-0.15, -0.1) is 0 Å². The van der Waals surface area contributed by atoms with Gasteiger partial charge in [-0.1, -0.05) is 30.0 Å². The molecule has 1 amide bonds. The highest BCUT2D eigenvalue weighted by Gasteiger charge is 2.36. The van der Waals surface area contributed by atoms with Crippen LogP contribution in [0.2, 0.25) is 0 Å². The number of imidazole rings is 1. The number of aromatic nitrogens is 2. The van der Waals surface area contributed by atoms with E-state index in [1.165, 1.54) is 22.9 Å². The number of ether oxygens (including phenoxy) is 3. The van der Waals surface area contributed by atoms with Crippen molar-refractivity contribution in [3.8, 4) is 17.2 Å². The molecule has 34 heavy (non-hydrogen) atoms. The van der Waals surface area contributed by atoms with E-state index in [1.54, 1.807) is 6.20 Å². The van der Waals surface area contributed by atoms with Crippen LogP contribution in [0.15, 0.2) is 53.9 Å². The van der Waals surface area contributed by atoms with Gasteiger partial charge in [-0.2, -0.15) is 0 Å². The molecule has 7 nitrogen and oxygen atoms in total. The standard InChI is InChI=1S/C26H29N3O4S/c1-18-4-3-5-21(19(18)2)29-11-10-27-25(29)34-15-24(30)28-16-26(8-12-31-13-9-26)20-6-7-22-23(14-20)33-17-32-22/h3-7,10-11,14H,8-9,12-13,15-17H2,1-2H3,(H,28,30). The molecule has 1 N–H and O–H groups in total. The van der Waals surface area contributed by atoms with E-state index >= 15 is 0 Å². The molecule has 2 aliphatic heterocycles. The molecule has 178 valence electrons. The maximum absolute atomic E-state index is 12.9. The summed E-state index contributed by atoms with van der Waals surface area (Å²) in [6.45, 7) is 6.36. The third-order valence-electron chi connectivity index (χ3n) is 6.83. The Kier molecular flexibility index (Phi) is 6.52. The number of aryl methyl sites for hydroxylation is 1. The summed E-state index contributed by atoms with van der Waals surface area (Å²) >= 11 is 1.45. The molecule has 0 radical (unpaired) electrons. The lowest BCUT2D eigenvalue weighted by Crippen LogP contribution is -2.45. The second-order valence-corrected chi connectivity index (χ2v) is 9.77. The average Bonchev–Trinajstić information content (AvgIpc) is 3.53. The molecular weight excluding hydrogens is 450 g/mol. The lowest BCUT2D eigenvalue weighted by Gasteiger charge is -2.38. The van der Waals surface area contributed by atoms with Crippen LogP contribution in [0.25, 0.3) is 5.69 Å². The molecule has 2 aromatic carbocycles. The molecule has 5 rings (SSSR count). The summed E-state index contributed by atoms with van der Waals surface area (Å²) in [4.78, 5) is 17.3. The molecule has 1 saturated heterocycles. The van der Waals surface area contributed by atoms with Gasteiger partial charge in [0.1, 0.15) is 0 Å². The van der Waals surface area contributed by atoms with Crippen LogP contribution in [-0.2, 0) is 14.9 Å². The van der Waals surface area contributed by atoms with Gasteiger partial charge in [-0.3, -0.25) is 9.36 Å². The largest absolute Gasteiger partial charge is 0.454 e. The van der Waals surface area contributed by atoms with Crippen molar-refractivity contribution in [1.29, 1.82) is 0 Å². The number of hydrogen-bond acceptors (Lipinski definition) is 6. The quantitative estimate of drug-likeness (QED) is 0.513. The highest BCUT2D eigenvalue weighted by atomic mass is 32.2. The van der Waals surface area contributed by atoms with Crippen molar-refractivity contribution in [3.63, 3.8) is 0 Å². The Morgan fingerprint density at radius 2 is 1.97 bits per heavy atom. The number of nitrogens with one attached hydrogen (secondary N) is 1. The second-order valence-electron chi connectivity index (χ2n) is 8.83. The molecule has 0 saturated carbocycles. The topological polar surface area (TPSA) is 74.6 Å². The van der Waals surface area contributed by atoms with E-state index in [1.807, 2.05) is 22.9 Å². The van der Waals surface area contributed by atoms with Gasteiger partial charge in [-0.25, -0.2) is 4.98 Å². The van der Waals surface area contributed by atoms with Crippen LogP contribution < -0.4 is 14.8 Å². The average molecular weight is 480 g/mol. The lowest BCUT2D eigenvalue weighted by atomic mass is 9.74. The van der Waals surface area contributed by atoms with Crippen molar-refractivity contribution in [2.75, 3.05) is 32.3 Å². The van der Waals surface area contributed by atoms with Gasteiger partial charge in [0, 0.05) is 37.6 Å². The monoisotopic (exact) mass is 479 g/mol. The fraction of sp³-hybridized carbons (Fsp3) is 0.385. The van der Waals surface area contributed by atoms with E-state index in [0.717, 1.165) is 40.7 Å². The summed E-state index contributed by atoms with van der Waals surface area (Å²) in [5.41, 5.74) is 4.49. The van der Waals surface area contributed by atoms with E-state index < -0.39 is 0 Å². The van der Waals surface area contributed by atoms with Gasteiger partial charge in [0.25, 0.3) is 0 Å². The van der Waals surface area contributed by atoms with Crippen LogP contribution in [0.3, 0.4) is 0 Å². The molecule has 0 unspecified atom stereocenters. The Morgan fingerprint density at radius 1 is 1.15 bits per heavy atom. The SMILES string of the molecule is Cc1cccc(-n2ccnc2SCC(=O)NCC2(c3ccc4c(c3)OCO4)CCOCC2)c1C. The fourth-order valence-electron chi connectivity index (χ4n) is 4.58. The zero-order chi connectivity index (χ0) is 23.5. The molecule has 1 fully saturated rings. The fourth-order valence-corrected chi connectivity index (χ4v) is 5.38. The summed E-state index contributed by atoms with van der Waals surface area (Å²) in [6.07, 6.45) is 5.41. The molecule has 2 aliphatic rings. The normalized spacial score (nSPS) is 16.4. The van der Waals surface area contributed by atoms with Crippen molar-refractivity contribution in [2.45, 2.75) is 37.3 Å². The second kappa shape index (κ2) is 9.72. The zero-order valence-corrected chi connectivity index (χ0v) is 20.3. The molecule has 0 atom stereocenters. The number of fused-ring (bicyclic) bond motifs is 1. The van der Waals surface area contributed by atoms with E-state index in [0.29, 0.717) is 25.5 Å². The number of carbonyl (C=O) groups is 1. The first kappa shape index (κ1) is 22.8. The number of nitrogens with zero attached hydrogens (tertiary/aromatic N) is 2. The van der Waals surface area contributed by atoms with E-state index in [-0.39, 0.29) is 18.1 Å². The number of rotatable bonds is 7. The first-order valence-electron chi connectivity index (χ1n) is 11.5. The number of thioether (sulfide) groups is 1. The molecule has 0 bridgehead atoms. The molecule has 8 heteroatoms. The van der Waals surface area contributed by atoms with Crippen LogP contribution >= 0.6 is 11.8 Å². The summed E-state index contributed by atoms with van der Waals surface area (Å²) in [5.74, 6) is 1.83. The number of benzene rings is 2. The molecule has 0 spiro atoms. The number of hydrogen-bond donors (Lipinski definition) is 1. The molecule has 3 aromatic rings. The predicted molar refractivity (Wildman–Crippen MR) is 131 cm³/mol. The molecule has 3 heterocycles. The molecular formula is C26H29N3O4S. The Bertz CT molecular complexity index is 1190. The van der Waals surface area contributed by atoms with Gasteiger partial charge < -0.3 is 19.5 Å². The maximum atomic E-state index is 12.9. The van der Waals surface area contributed by atoms with Gasteiger partial charge in [-0.05, 0) is 61.6 Å². The zero-order valence-electron chi connectivity index (χ0n) is 19.5. The number of amides is 1. The Labute approximate surface area is 203 Å². The van der Waals surface area contributed by atoms with Gasteiger partial charge >= 0.3 is 0 Å². The van der Waals surface area contributed by atoms with E-state index in [9.17, 15) is 4.79 Å². The Morgan fingerprint density at radius 3 is 2.82 bits per heavy atom. The third-order valence-corrected chi connectivity index (χ3v) is 7.80. The third kappa shape index (κ3) is 4.52. The molecule has 0 aliphatic carbocycles. The summed E-state index contributed by atoms with van der Waals surface area (Å²) in [7, 11) is 0. The highest BCUT2D eigenvalue weighted by Crippen LogP contribution is 2.40. The van der Waals surface area contributed by atoms with Crippen molar-refractivity contribution >= 4 is 17.7 Å². The van der Waals surface area contributed by atoms with Crippen LogP contribution in [0.1, 0.15) is 29.5 Å². The van der Waals surface area contributed by atoms with Crippen molar-refractivity contribution in [3.05, 3.63) is 65.5 Å². The minimum atomic E-state index is -0.184. The lowest BCUT2D eigenvalue weighted by molar-refractivity contribution is -0.119. The van der Waals surface area contributed by atoms with E-state index in [4.69, 9.17) is 14.2 Å². The van der Waals surface area contributed by atoms with Crippen molar-refractivity contribution < 1.29 is 19.0 Å². The van der Waals surface area contributed by atoms with Crippen LogP contribution in [0, 0.1) is 13.8 Å². The van der Waals surface area contributed by atoms with Crippen LogP contribution in [-0.4, -0.2) is 47.8 Å². The first-order valence-corrected chi connectivity index (χ1v) is 12.5. The van der Waals surface area contributed by atoms with E-state index in [2.05, 4.69) is 48.4 Å². The first-order chi connectivity index (χ1) is 16.6. The Balaban J connectivity index is 1.25. The maximum Gasteiger partial charge on any atom is 0.231 e. The van der Waals surface area contributed by atoms with Crippen molar-refractivity contribution in [1.82, 2.24) is 14.9 Å². The minimum Gasteiger partial charge on any atom is -0.454 e. The summed E-state index contributed by atoms with van der Waals surface area (Å²) in [6, 6.07) is 12.3. The van der Waals surface area contributed by atoms with Crippen molar-refractivity contribution in [2.24, 2.45) is 0 Å². The smallest absolute Gasteiger partial charge is 0.231 e. The minimum absolute atomic E-state index is 0.00729. The summed E-state index contributed by atoms with van der Waals surface area (Å²) in [5, 5.41) is 3.98.